The third-order valence-corrected chi connectivity index (χ3v) is 3.55. The van der Waals surface area contributed by atoms with Gasteiger partial charge in [0.05, 0.1) is 4.90 Å². The Morgan fingerprint density at radius 1 is 1.33 bits per heavy atom. The second-order valence-electron chi connectivity index (χ2n) is 3.33. The van der Waals surface area contributed by atoms with Crippen molar-refractivity contribution in [3.63, 3.8) is 0 Å². The molecule has 1 unspecified atom stereocenters. The van der Waals surface area contributed by atoms with Gasteiger partial charge in [-0.1, -0.05) is 25.1 Å². The maximum atomic E-state index is 11.7. The van der Waals surface area contributed by atoms with E-state index in [9.17, 15) is 8.42 Å². The fraction of sp³-hybridized carbons (Fsp3) is 0.400. The fourth-order valence-electron chi connectivity index (χ4n) is 1.04. The maximum absolute atomic E-state index is 11.7. The van der Waals surface area contributed by atoms with Gasteiger partial charge in [0, 0.05) is 12.6 Å². The molecule has 4 nitrogen and oxygen atoms in total. The molecule has 0 radical (unpaired) electrons. The Balaban J connectivity index is 2.69. The van der Waals surface area contributed by atoms with Crippen molar-refractivity contribution in [3.05, 3.63) is 30.3 Å². The number of nitrogens with two attached hydrogens (primary N) is 1. The highest BCUT2D eigenvalue weighted by Crippen LogP contribution is 2.06. The van der Waals surface area contributed by atoms with Crippen LogP contribution in [-0.2, 0) is 10.0 Å². The molecule has 0 spiro atoms. The van der Waals surface area contributed by atoms with E-state index >= 15 is 0 Å². The lowest BCUT2D eigenvalue weighted by atomic mass is 10.2. The van der Waals surface area contributed by atoms with E-state index in [1.54, 1.807) is 30.3 Å². The lowest BCUT2D eigenvalue weighted by molar-refractivity contribution is 0.564. The number of rotatable bonds is 5. The van der Waals surface area contributed by atoms with Gasteiger partial charge in [0.2, 0.25) is 10.0 Å². The molecule has 1 rings (SSSR count). The Kier molecular flexibility index (Phi) is 4.26. The molecule has 0 aliphatic heterocycles. The summed E-state index contributed by atoms with van der Waals surface area (Å²) in [5.74, 6) is 0. The first-order valence-corrected chi connectivity index (χ1v) is 6.35. The quantitative estimate of drug-likeness (QED) is 0.779. The van der Waals surface area contributed by atoms with Crippen LogP contribution in [0.25, 0.3) is 0 Å². The van der Waals surface area contributed by atoms with Gasteiger partial charge in [-0.25, -0.2) is 13.1 Å². The molecule has 0 saturated carbocycles. The van der Waals surface area contributed by atoms with Crippen LogP contribution in [0.4, 0.5) is 0 Å². The summed E-state index contributed by atoms with van der Waals surface area (Å²) in [4.78, 5) is 0.272. The van der Waals surface area contributed by atoms with Crippen LogP contribution in [0.5, 0.6) is 0 Å². The van der Waals surface area contributed by atoms with Crippen molar-refractivity contribution >= 4 is 10.0 Å². The summed E-state index contributed by atoms with van der Waals surface area (Å²) < 4.78 is 25.8. The monoisotopic (exact) mass is 228 g/mol. The second-order valence-corrected chi connectivity index (χ2v) is 5.10. The molecule has 0 saturated heterocycles. The van der Waals surface area contributed by atoms with Gasteiger partial charge in [0.1, 0.15) is 0 Å². The first-order valence-electron chi connectivity index (χ1n) is 4.86. The van der Waals surface area contributed by atoms with E-state index in [0.29, 0.717) is 0 Å². The van der Waals surface area contributed by atoms with Gasteiger partial charge in [-0.05, 0) is 18.6 Å². The minimum atomic E-state index is -3.40. The SMILES string of the molecule is CCC(N)CNS(=O)(=O)c1ccccc1. The molecule has 0 heterocycles. The van der Waals surface area contributed by atoms with Crippen LogP contribution in [0.1, 0.15) is 13.3 Å². The largest absolute Gasteiger partial charge is 0.327 e. The molecule has 1 aromatic carbocycles. The highest BCUT2D eigenvalue weighted by molar-refractivity contribution is 7.89. The van der Waals surface area contributed by atoms with Crippen LogP contribution < -0.4 is 10.5 Å². The Labute approximate surface area is 90.5 Å². The van der Waals surface area contributed by atoms with Gasteiger partial charge < -0.3 is 5.73 Å². The minimum absolute atomic E-state index is 0.136. The van der Waals surface area contributed by atoms with E-state index < -0.39 is 10.0 Å². The third-order valence-electron chi connectivity index (χ3n) is 2.11. The predicted octanol–water partition coefficient (Wildman–Crippen LogP) is 0.702. The van der Waals surface area contributed by atoms with Gasteiger partial charge >= 0.3 is 0 Å². The Morgan fingerprint density at radius 3 is 2.47 bits per heavy atom. The van der Waals surface area contributed by atoms with Crippen molar-refractivity contribution in [2.24, 2.45) is 5.73 Å². The summed E-state index contributed by atoms with van der Waals surface area (Å²) in [5, 5.41) is 0. The van der Waals surface area contributed by atoms with Crippen LogP contribution in [0, 0.1) is 0 Å². The molecule has 5 heteroatoms. The lowest BCUT2D eigenvalue weighted by Crippen LogP contribution is -2.36. The molecule has 1 aromatic rings. The number of hydrogen-bond donors (Lipinski definition) is 2. The standard InChI is InChI=1S/C10H16N2O2S/c1-2-9(11)8-12-15(13,14)10-6-4-3-5-7-10/h3-7,9,12H,2,8,11H2,1H3. The average molecular weight is 228 g/mol. The van der Waals surface area contributed by atoms with E-state index in [4.69, 9.17) is 5.73 Å². The first-order chi connectivity index (χ1) is 7.06. The summed E-state index contributed by atoms with van der Waals surface area (Å²) in [5.41, 5.74) is 5.63. The summed E-state index contributed by atoms with van der Waals surface area (Å²) in [6.07, 6.45) is 0.747. The molecule has 84 valence electrons. The van der Waals surface area contributed by atoms with Gasteiger partial charge in [0.15, 0.2) is 0 Å². The Bertz CT molecular complexity index is 389. The van der Waals surface area contributed by atoms with Gasteiger partial charge in [0.25, 0.3) is 0 Å². The molecule has 0 aliphatic rings. The molecule has 15 heavy (non-hydrogen) atoms. The third kappa shape index (κ3) is 3.62. The van der Waals surface area contributed by atoms with Gasteiger partial charge in [-0.15, -0.1) is 0 Å². The number of hydrogen-bond acceptors (Lipinski definition) is 3. The molecule has 0 bridgehead atoms. The summed E-state index contributed by atoms with van der Waals surface area (Å²) in [6.45, 7) is 2.19. The summed E-state index contributed by atoms with van der Waals surface area (Å²) >= 11 is 0. The van der Waals surface area contributed by atoms with Crippen molar-refractivity contribution in [1.29, 1.82) is 0 Å². The summed E-state index contributed by atoms with van der Waals surface area (Å²) in [7, 11) is -3.40. The van der Waals surface area contributed by atoms with Crippen LogP contribution in [0.2, 0.25) is 0 Å². The van der Waals surface area contributed by atoms with E-state index in [2.05, 4.69) is 4.72 Å². The molecule has 3 N–H and O–H groups in total. The normalized spacial score (nSPS) is 13.7. The number of nitrogens with one attached hydrogen (secondary N) is 1. The maximum Gasteiger partial charge on any atom is 0.240 e. The lowest BCUT2D eigenvalue weighted by Gasteiger charge is -2.10. The van der Waals surface area contributed by atoms with E-state index in [1.807, 2.05) is 6.92 Å². The Hall–Kier alpha value is -0.910. The fourth-order valence-corrected chi connectivity index (χ4v) is 2.16. The van der Waals surface area contributed by atoms with Gasteiger partial charge in [-0.3, -0.25) is 0 Å². The topological polar surface area (TPSA) is 72.2 Å². The molecular formula is C10H16N2O2S. The van der Waals surface area contributed by atoms with Crippen LogP contribution >= 0.6 is 0 Å². The van der Waals surface area contributed by atoms with E-state index in [0.717, 1.165) is 6.42 Å². The van der Waals surface area contributed by atoms with Crippen molar-refractivity contribution in [1.82, 2.24) is 4.72 Å². The van der Waals surface area contributed by atoms with E-state index in [1.165, 1.54) is 0 Å². The minimum Gasteiger partial charge on any atom is -0.327 e. The molecular weight excluding hydrogens is 212 g/mol. The molecule has 0 fully saturated rings. The zero-order chi connectivity index (χ0) is 11.3. The molecule has 0 aromatic heterocycles. The van der Waals surface area contributed by atoms with Crippen molar-refractivity contribution in [2.45, 2.75) is 24.3 Å². The highest BCUT2D eigenvalue weighted by Gasteiger charge is 2.13. The number of sulfonamides is 1. The molecule has 1 atom stereocenters. The molecule has 0 amide bonds. The average Bonchev–Trinajstić information content (AvgIpc) is 2.27. The van der Waals surface area contributed by atoms with Crippen LogP contribution in [0.3, 0.4) is 0 Å². The van der Waals surface area contributed by atoms with Gasteiger partial charge in [-0.2, -0.15) is 0 Å². The second kappa shape index (κ2) is 5.25. The van der Waals surface area contributed by atoms with Crippen LogP contribution in [0.15, 0.2) is 35.2 Å². The van der Waals surface area contributed by atoms with E-state index in [-0.39, 0.29) is 17.5 Å². The van der Waals surface area contributed by atoms with Crippen LogP contribution in [-0.4, -0.2) is 21.0 Å². The van der Waals surface area contributed by atoms with Crippen molar-refractivity contribution in [3.8, 4) is 0 Å². The summed E-state index contributed by atoms with van der Waals surface area (Å²) in [6, 6.07) is 8.13. The zero-order valence-corrected chi connectivity index (χ0v) is 9.50. The predicted molar refractivity (Wildman–Crippen MR) is 59.9 cm³/mol. The molecule has 0 aliphatic carbocycles. The van der Waals surface area contributed by atoms with Crippen molar-refractivity contribution < 1.29 is 8.42 Å². The highest BCUT2D eigenvalue weighted by atomic mass is 32.2. The zero-order valence-electron chi connectivity index (χ0n) is 8.68. The first kappa shape index (κ1) is 12.2. The Morgan fingerprint density at radius 2 is 1.93 bits per heavy atom. The number of benzene rings is 1. The smallest absolute Gasteiger partial charge is 0.240 e. The van der Waals surface area contributed by atoms with Crippen molar-refractivity contribution in [2.75, 3.05) is 6.54 Å².